The Kier molecular flexibility index (Phi) is 7.44. The van der Waals surface area contributed by atoms with Gasteiger partial charge in [-0.15, -0.1) is 12.5 Å². The van der Waals surface area contributed by atoms with Crippen LogP contribution in [0.25, 0.3) is 0 Å². The molecule has 0 bridgehead atoms. The Morgan fingerprint density at radius 2 is 2.12 bits per heavy atom. The Labute approximate surface area is 142 Å². The van der Waals surface area contributed by atoms with Crippen LogP contribution in [0.3, 0.4) is 0 Å². The van der Waals surface area contributed by atoms with E-state index in [0.29, 0.717) is 24.7 Å². The van der Waals surface area contributed by atoms with E-state index in [4.69, 9.17) is 0 Å². The van der Waals surface area contributed by atoms with Crippen LogP contribution in [0.4, 0.5) is 0 Å². The Bertz CT molecular complexity index is 698. The summed E-state index contributed by atoms with van der Waals surface area (Å²) in [7, 11) is 3.08. The molecular formula is C19H22N2O3. The Hall–Kier alpha value is -2.87. The van der Waals surface area contributed by atoms with Crippen LogP contribution in [0.2, 0.25) is 0 Å². The van der Waals surface area contributed by atoms with Crippen molar-refractivity contribution in [1.82, 2.24) is 10.2 Å². The lowest BCUT2D eigenvalue weighted by atomic mass is 10.0. The quantitative estimate of drug-likeness (QED) is 0.474. The number of likely N-dealkylation sites (N-methyl/N-ethyl adjacent to an activating group) is 2. The van der Waals surface area contributed by atoms with E-state index in [0.717, 1.165) is 0 Å². The highest BCUT2D eigenvalue weighted by Gasteiger charge is 2.27. The molecule has 0 aromatic heterocycles. The number of nitrogens with one attached hydrogen (secondary N) is 1. The zero-order valence-electron chi connectivity index (χ0n) is 14.3. The number of hydrogen-bond acceptors (Lipinski definition) is 3. The highest BCUT2D eigenvalue weighted by molar-refractivity contribution is 6.03. The van der Waals surface area contributed by atoms with Gasteiger partial charge in [0, 0.05) is 25.2 Å². The van der Waals surface area contributed by atoms with Crippen molar-refractivity contribution in [3.05, 3.63) is 47.5 Å². The lowest BCUT2D eigenvalue weighted by Gasteiger charge is -2.27. The summed E-state index contributed by atoms with van der Waals surface area (Å²) >= 11 is 0. The minimum Gasteiger partial charge on any atom is -0.357 e. The zero-order valence-corrected chi connectivity index (χ0v) is 14.3. The fourth-order valence-corrected chi connectivity index (χ4v) is 2.34. The number of carbonyl (C=O) groups is 3. The molecule has 1 N–H and O–H groups in total. The summed E-state index contributed by atoms with van der Waals surface area (Å²) in [5.41, 5.74) is 1.15. The van der Waals surface area contributed by atoms with Crippen LogP contribution < -0.4 is 5.32 Å². The minimum absolute atomic E-state index is 0.236. The highest BCUT2D eigenvalue weighted by atomic mass is 16.2. The maximum Gasteiger partial charge on any atom is 0.255 e. The van der Waals surface area contributed by atoms with Crippen LogP contribution in [0.15, 0.2) is 30.9 Å². The molecule has 5 nitrogen and oxygen atoms in total. The molecule has 0 fully saturated rings. The first kappa shape index (κ1) is 19.2. The summed E-state index contributed by atoms with van der Waals surface area (Å²) in [5.74, 6) is 4.96. The number of aldehydes is 1. The second-order valence-electron chi connectivity index (χ2n) is 5.21. The standard InChI is InChI=1S/C19H22N2O3/c1-5-7-9-17(18(23)20-3)21(4)19(24)16-12-14(8-6-2)10-11-15(16)13-22/h5,10-13,17H,1,7,9H2,2-4H3,(H,20,23). The largest absolute Gasteiger partial charge is 0.357 e. The second-order valence-corrected chi connectivity index (χ2v) is 5.21. The summed E-state index contributed by atoms with van der Waals surface area (Å²) in [6, 6.07) is 4.19. The first-order valence-electron chi connectivity index (χ1n) is 7.61. The molecule has 0 saturated carbocycles. The summed E-state index contributed by atoms with van der Waals surface area (Å²) in [5, 5.41) is 2.56. The molecule has 24 heavy (non-hydrogen) atoms. The molecule has 126 valence electrons. The van der Waals surface area contributed by atoms with Crippen molar-refractivity contribution < 1.29 is 14.4 Å². The number of allylic oxidation sites excluding steroid dienone is 1. The van der Waals surface area contributed by atoms with Gasteiger partial charge in [0.25, 0.3) is 5.91 Å². The number of benzene rings is 1. The van der Waals surface area contributed by atoms with Crippen molar-refractivity contribution in [3.8, 4) is 11.8 Å². The first-order valence-corrected chi connectivity index (χ1v) is 7.61. The van der Waals surface area contributed by atoms with Crippen molar-refractivity contribution in [2.24, 2.45) is 0 Å². The molecule has 0 aliphatic rings. The monoisotopic (exact) mass is 326 g/mol. The lowest BCUT2D eigenvalue weighted by Crippen LogP contribution is -2.47. The SMILES string of the molecule is C=CCCC(C(=O)NC)N(C)C(=O)c1cc(C#CC)ccc1C=O. The Morgan fingerprint density at radius 1 is 1.42 bits per heavy atom. The van der Waals surface area contributed by atoms with E-state index >= 15 is 0 Å². The summed E-state index contributed by atoms with van der Waals surface area (Å²) in [4.78, 5) is 37.5. The number of carbonyl (C=O) groups excluding carboxylic acids is 3. The van der Waals surface area contributed by atoms with Gasteiger partial charge in [0.2, 0.25) is 5.91 Å². The number of amides is 2. The lowest BCUT2D eigenvalue weighted by molar-refractivity contribution is -0.125. The molecule has 0 aliphatic carbocycles. The van der Waals surface area contributed by atoms with E-state index in [-0.39, 0.29) is 17.0 Å². The third-order valence-electron chi connectivity index (χ3n) is 3.66. The van der Waals surface area contributed by atoms with Crippen LogP contribution in [0, 0.1) is 11.8 Å². The van der Waals surface area contributed by atoms with Gasteiger partial charge in [-0.3, -0.25) is 14.4 Å². The third-order valence-corrected chi connectivity index (χ3v) is 3.66. The fraction of sp³-hybridized carbons (Fsp3) is 0.316. The van der Waals surface area contributed by atoms with E-state index in [1.165, 1.54) is 11.9 Å². The van der Waals surface area contributed by atoms with Crippen LogP contribution >= 0.6 is 0 Å². The second kappa shape index (κ2) is 9.31. The van der Waals surface area contributed by atoms with E-state index in [2.05, 4.69) is 23.7 Å². The van der Waals surface area contributed by atoms with Crippen molar-refractivity contribution in [2.75, 3.05) is 14.1 Å². The van der Waals surface area contributed by atoms with Crippen molar-refractivity contribution in [1.29, 1.82) is 0 Å². The Balaban J connectivity index is 3.23. The number of rotatable bonds is 7. The zero-order chi connectivity index (χ0) is 18.1. The molecular weight excluding hydrogens is 304 g/mol. The smallest absolute Gasteiger partial charge is 0.255 e. The Morgan fingerprint density at radius 3 is 2.67 bits per heavy atom. The molecule has 1 atom stereocenters. The van der Waals surface area contributed by atoms with Gasteiger partial charge >= 0.3 is 0 Å². The fourth-order valence-electron chi connectivity index (χ4n) is 2.34. The topological polar surface area (TPSA) is 66.5 Å². The number of hydrogen-bond donors (Lipinski definition) is 1. The van der Waals surface area contributed by atoms with Crippen LogP contribution in [-0.4, -0.2) is 43.1 Å². The molecule has 0 spiro atoms. The molecule has 0 heterocycles. The molecule has 5 heteroatoms. The molecule has 1 aromatic carbocycles. The predicted octanol–water partition coefficient (Wildman–Crippen LogP) is 2.02. The van der Waals surface area contributed by atoms with Gasteiger partial charge in [-0.1, -0.05) is 12.0 Å². The summed E-state index contributed by atoms with van der Waals surface area (Å²) < 4.78 is 0. The maximum atomic E-state index is 12.8. The predicted molar refractivity (Wildman–Crippen MR) is 93.8 cm³/mol. The summed E-state index contributed by atoms with van der Waals surface area (Å²) in [6.07, 6.45) is 3.37. The van der Waals surface area contributed by atoms with Crippen molar-refractivity contribution >= 4 is 18.1 Å². The van der Waals surface area contributed by atoms with Gasteiger partial charge in [0.05, 0.1) is 5.56 Å². The van der Waals surface area contributed by atoms with Crippen LogP contribution in [0.1, 0.15) is 46.0 Å². The average Bonchev–Trinajstić information content (AvgIpc) is 2.61. The van der Waals surface area contributed by atoms with Gasteiger partial charge in [-0.05, 0) is 38.0 Å². The van der Waals surface area contributed by atoms with Gasteiger partial charge in [-0.25, -0.2) is 0 Å². The molecule has 2 amide bonds. The molecule has 0 radical (unpaired) electrons. The van der Waals surface area contributed by atoms with Crippen molar-refractivity contribution in [3.63, 3.8) is 0 Å². The molecule has 0 saturated heterocycles. The van der Waals surface area contributed by atoms with Crippen LogP contribution in [0.5, 0.6) is 0 Å². The minimum atomic E-state index is -0.638. The molecule has 1 aromatic rings. The normalized spacial score (nSPS) is 10.8. The van der Waals surface area contributed by atoms with E-state index < -0.39 is 11.9 Å². The van der Waals surface area contributed by atoms with E-state index in [1.54, 1.807) is 38.2 Å². The highest BCUT2D eigenvalue weighted by Crippen LogP contribution is 2.16. The van der Waals surface area contributed by atoms with E-state index in [1.807, 2.05) is 0 Å². The molecule has 0 aliphatic heterocycles. The molecule has 1 unspecified atom stereocenters. The van der Waals surface area contributed by atoms with Gasteiger partial charge in [0.15, 0.2) is 6.29 Å². The number of nitrogens with zero attached hydrogens (tertiary/aromatic N) is 1. The summed E-state index contributed by atoms with van der Waals surface area (Å²) in [6.45, 7) is 5.34. The third kappa shape index (κ3) is 4.56. The van der Waals surface area contributed by atoms with Gasteiger partial charge in [-0.2, -0.15) is 0 Å². The maximum absolute atomic E-state index is 12.8. The first-order chi connectivity index (χ1) is 11.5. The van der Waals surface area contributed by atoms with Gasteiger partial charge in [0.1, 0.15) is 6.04 Å². The van der Waals surface area contributed by atoms with Crippen molar-refractivity contribution in [2.45, 2.75) is 25.8 Å². The molecule has 1 rings (SSSR count). The van der Waals surface area contributed by atoms with E-state index in [9.17, 15) is 14.4 Å². The average molecular weight is 326 g/mol. The van der Waals surface area contributed by atoms with Crippen LogP contribution in [-0.2, 0) is 4.79 Å². The van der Waals surface area contributed by atoms with Gasteiger partial charge < -0.3 is 10.2 Å².